The summed E-state index contributed by atoms with van der Waals surface area (Å²) in [6.45, 7) is 0. The molecule has 0 aromatic heterocycles. The van der Waals surface area contributed by atoms with Gasteiger partial charge in [0.15, 0.2) is 0 Å². The van der Waals surface area contributed by atoms with E-state index in [1.807, 2.05) is 0 Å². The van der Waals surface area contributed by atoms with Gasteiger partial charge in [-0.3, -0.25) is 0 Å². The summed E-state index contributed by atoms with van der Waals surface area (Å²) < 4.78 is 25.1. The minimum atomic E-state index is -3.78. The number of rotatable bonds is 4. The molecule has 1 N–H and O–H groups in total. The number of aliphatic hydroxyl groups excluding tert-OH is 1. The maximum absolute atomic E-state index is 10.6. The van der Waals surface area contributed by atoms with Crippen molar-refractivity contribution in [2.75, 3.05) is 5.75 Å². The van der Waals surface area contributed by atoms with Gasteiger partial charge >= 0.3 is 78.0 Å². The summed E-state index contributed by atoms with van der Waals surface area (Å²) in [5.74, 6) is 0.303. The quantitative estimate of drug-likeness (QED) is 0.516. The molecule has 0 aliphatic rings. The molecule has 0 saturated heterocycles. The Hall–Kier alpha value is 0.960. The van der Waals surface area contributed by atoms with Crippen molar-refractivity contribution in [3.05, 3.63) is 0 Å². The van der Waals surface area contributed by atoms with Crippen LogP contribution in [0, 0.1) is 0 Å². The molecule has 0 heterocycles. The molecule has 0 spiro atoms. The molecule has 0 aliphatic heterocycles. The van der Waals surface area contributed by atoms with Crippen molar-refractivity contribution >= 4 is 22.7 Å². The second kappa shape index (κ2) is 4.76. The van der Waals surface area contributed by atoms with Crippen LogP contribution < -0.4 is 0 Å². The Morgan fingerprint density at radius 3 is 2.50 bits per heavy atom. The Morgan fingerprint density at radius 1 is 1.70 bits per heavy atom. The van der Waals surface area contributed by atoms with Gasteiger partial charge < -0.3 is 0 Å². The second-order valence-electron chi connectivity index (χ2n) is 1.51. The number of hydrogen-bond acceptors (Lipinski definition) is 5. The van der Waals surface area contributed by atoms with E-state index in [4.69, 9.17) is 5.11 Å². The van der Waals surface area contributed by atoms with Crippen LogP contribution in [0.3, 0.4) is 0 Å². The van der Waals surface area contributed by atoms with E-state index < -0.39 is 15.6 Å². The first-order valence-corrected chi connectivity index (χ1v) is 5.33. The van der Waals surface area contributed by atoms with E-state index in [9.17, 15) is 8.42 Å². The van der Waals surface area contributed by atoms with Gasteiger partial charge in [0.1, 0.15) is 0 Å². The third-order valence-corrected chi connectivity index (χ3v) is 3.59. The third kappa shape index (κ3) is 3.38. The standard InChI is InChI=1S/C3H8O4S2.Au/c4-3(1-2-8)9(5,6)7;/h3-4,8H,1-2H2,(H,5,6,7);/q;+1/p-1. The molecular formula is C3H7AuO4S2. The molecule has 0 saturated carbocycles. The molecule has 10 heavy (non-hydrogen) atoms. The van der Waals surface area contributed by atoms with Crippen molar-refractivity contribution in [1.29, 1.82) is 0 Å². The van der Waals surface area contributed by atoms with Crippen LogP contribution in [0.1, 0.15) is 6.42 Å². The van der Waals surface area contributed by atoms with Crippen molar-refractivity contribution in [2.24, 2.45) is 0 Å². The Balaban J connectivity index is 4.06. The zero-order chi connectivity index (χ0) is 8.20. The van der Waals surface area contributed by atoms with Gasteiger partial charge in [-0.1, -0.05) is 0 Å². The first-order chi connectivity index (χ1) is 4.54. The Kier molecular flexibility index (Phi) is 5.22. The third-order valence-electron chi connectivity index (χ3n) is 0.779. The average molecular weight is 368 g/mol. The fourth-order valence-corrected chi connectivity index (χ4v) is 1.90. The van der Waals surface area contributed by atoms with Gasteiger partial charge in [0.05, 0.1) is 0 Å². The van der Waals surface area contributed by atoms with Crippen LogP contribution >= 0.6 is 12.6 Å². The molecule has 0 aromatic rings. The van der Waals surface area contributed by atoms with Crippen molar-refractivity contribution < 1.29 is 37.7 Å². The predicted molar refractivity (Wildman–Crippen MR) is 34.5 cm³/mol. The molecule has 0 fully saturated rings. The van der Waals surface area contributed by atoms with E-state index in [2.05, 4.69) is 15.3 Å². The molecule has 4 nitrogen and oxygen atoms in total. The predicted octanol–water partition coefficient (Wildman–Crippen LogP) is -0.567. The molecule has 0 bridgehead atoms. The van der Waals surface area contributed by atoms with Gasteiger partial charge in [0.2, 0.25) is 0 Å². The molecule has 0 rings (SSSR count). The molecule has 0 aromatic carbocycles. The monoisotopic (exact) mass is 368 g/mol. The Labute approximate surface area is 77.9 Å². The Morgan fingerprint density at radius 2 is 2.20 bits per heavy atom. The first-order valence-electron chi connectivity index (χ1n) is 2.34. The molecule has 1 unspecified atom stereocenters. The SMILES string of the molecule is O=S(=O)([O][Au])C(O)CCS. The molecule has 0 radical (unpaired) electrons. The fraction of sp³-hybridized carbons (Fsp3) is 1.00. The van der Waals surface area contributed by atoms with Crippen LogP contribution in [0.15, 0.2) is 0 Å². The van der Waals surface area contributed by atoms with Crippen LogP contribution in [0.2, 0.25) is 0 Å². The van der Waals surface area contributed by atoms with E-state index in [1.165, 1.54) is 21.5 Å². The van der Waals surface area contributed by atoms with Gasteiger partial charge in [-0.15, -0.1) is 0 Å². The summed E-state index contributed by atoms with van der Waals surface area (Å²) in [4.78, 5) is 0. The summed E-state index contributed by atoms with van der Waals surface area (Å²) >= 11 is 5.13. The minimum absolute atomic E-state index is 0.0737. The zero-order valence-corrected chi connectivity index (χ0v) is 8.70. The number of hydrogen-bond donors (Lipinski definition) is 2. The summed E-state index contributed by atoms with van der Waals surface area (Å²) in [5, 5.41) is 8.81. The van der Waals surface area contributed by atoms with Crippen LogP contribution in [-0.4, -0.2) is 24.7 Å². The molecule has 66 valence electrons. The Bertz CT molecular complexity index is 177. The average Bonchev–Trinajstić information content (AvgIpc) is 1.89. The van der Waals surface area contributed by atoms with Crippen molar-refractivity contribution in [3.8, 4) is 0 Å². The van der Waals surface area contributed by atoms with Gasteiger partial charge in [0.25, 0.3) is 0 Å². The summed E-state index contributed by atoms with van der Waals surface area (Å²) in [6, 6.07) is 0. The van der Waals surface area contributed by atoms with E-state index >= 15 is 0 Å². The van der Waals surface area contributed by atoms with Crippen molar-refractivity contribution in [3.63, 3.8) is 0 Å². The second-order valence-corrected chi connectivity index (χ2v) is 4.67. The van der Waals surface area contributed by atoms with E-state index in [0.717, 1.165) is 0 Å². The number of aliphatic hydroxyl groups is 1. The van der Waals surface area contributed by atoms with Crippen LogP contribution in [0.5, 0.6) is 0 Å². The molecular weight excluding hydrogens is 361 g/mol. The topological polar surface area (TPSA) is 63.6 Å². The number of thiol groups is 1. The van der Waals surface area contributed by atoms with Gasteiger partial charge in [-0.2, -0.15) is 0 Å². The van der Waals surface area contributed by atoms with E-state index in [0.29, 0.717) is 5.75 Å². The van der Waals surface area contributed by atoms with E-state index in [-0.39, 0.29) is 6.42 Å². The van der Waals surface area contributed by atoms with Crippen molar-refractivity contribution in [2.45, 2.75) is 11.9 Å². The van der Waals surface area contributed by atoms with E-state index in [1.54, 1.807) is 0 Å². The molecule has 0 aliphatic carbocycles. The molecule has 7 heteroatoms. The van der Waals surface area contributed by atoms with Crippen LogP contribution in [-0.2, 0) is 34.3 Å². The first kappa shape index (κ1) is 11.0. The summed E-state index contributed by atoms with van der Waals surface area (Å²) in [7, 11) is -3.78. The van der Waals surface area contributed by atoms with Crippen LogP contribution in [0.4, 0.5) is 0 Å². The van der Waals surface area contributed by atoms with Crippen LogP contribution in [0.25, 0.3) is 0 Å². The summed E-state index contributed by atoms with van der Waals surface area (Å²) in [5.41, 5.74) is -1.46. The van der Waals surface area contributed by atoms with Gasteiger partial charge in [-0.05, 0) is 0 Å². The van der Waals surface area contributed by atoms with Crippen molar-refractivity contribution in [1.82, 2.24) is 0 Å². The molecule has 1 atom stereocenters. The molecule has 0 amide bonds. The zero-order valence-electron chi connectivity index (χ0n) is 4.82. The maximum atomic E-state index is 10.6. The fourth-order valence-electron chi connectivity index (χ4n) is 0.288. The van der Waals surface area contributed by atoms with Gasteiger partial charge in [0, 0.05) is 0 Å². The summed E-state index contributed by atoms with van der Waals surface area (Å²) in [6.07, 6.45) is 0.0737. The van der Waals surface area contributed by atoms with Gasteiger partial charge in [-0.25, -0.2) is 0 Å². The normalized spacial score (nSPS) is 15.2.